The van der Waals surface area contributed by atoms with E-state index in [9.17, 15) is 19.7 Å². The molecule has 2 aromatic heterocycles. The Balaban J connectivity index is 0.000000185. The molecule has 31 heavy (non-hydrogen) atoms. The molecule has 11 nitrogen and oxygen atoms in total. The highest BCUT2D eigenvalue weighted by Crippen LogP contribution is 2.22. The number of aromatic amines is 2. The van der Waals surface area contributed by atoms with Crippen LogP contribution in [0.5, 0.6) is 0 Å². The van der Waals surface area contributed by atoms with E-state index in [0.29, 0.717) is 22.1 Å². The van der Waals surface area contributed by atoms with Crippen molar-refractivity contribution in [1.29, 1.82) is 0 Å². The lowest BCUT2D eigenvalue weighted by atomic mass is 10.2. The number of hydrogen-bond donors (Lipinski definition) is 3. The molecule has 0 saturated carbocycles. The molecule has 4 aromatic rings. The van der Waals surface area contributed by atoms with Gasteiger partial charge in [0.05, 0.1) is 27.0 Å². The van der Waals surface area contributed by atoms with Crippen LogP contribution in [0.15, 0.2) is 41.2 Å². The van der Waals surface area contributed by atoms with Crippen molar-refractivity contribution in [2.75, 3.05) is 5.73 Å². The van der Waals surface area contributed by atoms with Crippen LogP contribution >= 0.6 is 0 Å². The fourth-order valence-corrected chi connectivity index (χ4v) is 2.87. The molecule has 0 fully saturated rings. The highest BCUT2D eigenvalue weighted by atomic mass is 16.6. The SMILES string of the molecule is Cc1nn(C(=O)OC(C)(C)C)c2cc(N)ccc12.O=c1[nH][nH]c2cc([N+](=O)[O-])ccc12. The van der Waals surface area contributed by atoms with Gasteiger partial charge in [-0.2, -0.15) is 9.78 Å². The first-order chi connectivity index (χ1) is 14.5. The second kappa shape index (κ2) is 7.94. The number of H-pyrrole nitrogens is 2. The third-order valence-corrected chi connectivity index (χ3v) is 4.23. The van der Waals surface area contributed by atoms with Gasteiger partial charge in [0.25, 0.3) is 11.2 Å². The minimum Gasteiger partial charge on any atom is -0.442 e. The lowest BCUT2D eigenvalue weighted by Crippen LogP contribution is -2.27. The number of carbonyl (C=O) groups is 1. The molecule has 4 rings (SSSR count). The number of nitro groups is 1. The minimum absolute atomic E-state index is 0.0391. The van der Waals surface area contributed by atoms with Crippen molar-refractivity contribution < 1.29 is 14.5 Å². The number of non-ortho nitro benzene ring substituents is 1. The molecule has 2 heterocycles. The highest BCUT2D eigenvalue weighted by molar-refractivity contribution is 5.91. The van der Waals surface area contributed by atoms with Gasteiger partial charge in [0.2, 0.25) is 0 Å². The van der Waals surface area contributed by atoms with Crippen LogP contribution in [0, 0.1) is 17.0 Å². The van der Waals surface area contributed by atoms with E-state index in [4.69, 9.17) is 10.5 Å². The van der Waals surface area contributed by atoms with Crippen molar-refractivity contribution in [2.45, 2.75) is 33.3 Å². The van der Waals surface area contributed by atoms with E-state index < -0.39 is 16.6 Å². The molecule has 0 spiro atoms. The Morgan fingerprint density at radius 2 is 1.84 bits per heavy atom. The van der Waals surface area contributed by atoms with Gasteiger partial charge in [-0.15, -0.1) is 0 Å². The molecule has 0 radical (unpaired) electrons. The number of nitro benzene ring substituents is 1. The Morgan fingerprint density at radius 3 is 2.48 bits per heavy atom. The number of aromatic nitrogens is 4. The maximum atomic E-state index is 12.0. The zero-order valence-corrected chi connectivity index (χ0v) is 17.4. The van der Waals surface area contributed by atoms with Crippen LogP contribution in [0.1, 0.15) is 26.5 Å². The number of carbonyl (C=O) groups excluding carboxylic acids is 1. The molecule has 4 N–H and O–H groups in total. The van der Waals surface area contributed by atoms with Crippen LogP contribution in [-0.4, -0.2) is 36.6 Å². The van der Waals surface area contributed by atoms with E-state index >= 15 is 0 Å². The summed E-state index contributed by atoms with van der Waals surface area (Å²) in [5.74, 6) is 0. The monoisotopic (exact) mass is 426 g/mol. The fraction of sp³-hybridized carbons (Fsp3) is 0.250. The van der Waals surface area contributed by atoms with Crippen LogP contribution in [0.25, 0.3) is 21.8 Å². The van der Waals surface area contributed by atoms with Crippen LogP contribution < -0.4 is 11.3 Å². The molecule has 2 aromatic carbocycles. The molecule has 162 valence electrons. The Bertz CT molecular complexity index is 1340. The van der Waals surface area contributed by atoms with Crippen LogP contribution in [0.3, 0.4) is 0 Å². The van der Waals surface area contributed by atoms with Gasteiger partial charge in [0.15, 0.2) is 0 Å². The van der Waals surface area contributed by atoms with Gasteiger partial charge in [0, 0.05) is 23.2 Å². The Morgan fingerprint density at radius 1 is 1.16 bits per heavy atom. The summed E-state index contributed by atoms with van der Waals surface area (Å²) in [4.78, 5) is 32.9. The zero-order chi connectivity index (χ0) is 22.9. The van der Waals surface area contributed by atoms with E-state index in [0.717, 1.165) is 11.1 Å². The van der Waals surface area contributed by atoms with Crippen LogP contribution in [-0.2, 0) is 4.74 Å². The van der Waals surface area contributed by atoms with Crippen molar-refractivity contribution in [2.24, 2.45) is 0 Å². The molecule has 11 heteroatoms. The van der Waals surface area contributed by atoms with Crippen molar-refractivity contribution >= 4 is 39.3 Å². The molecular weight excluding hydrogens is 404 g/mol. The average Bonchev–Trinajstić information content (AvgIpc) is 3.20. The van der Waals surface area contributed by atoms with Gasteiger partial charge in [-0.1, -0.05) is 0 Å². The number of nitrogens with one attached hydrogen (secondary N) is 2. The van der Waals surface area contributed by atoms with E-state index in [1.165, 1.54) is 22.9 Å². The zero-order valence-electron chi connectivity index (χ0n) is 17.4. The van der Waals surface area contributed by atoms with Crippen molar-refractivity contribution in [3.63, 3.8) is 0 Å². The number of nitrogens with two attached hydrogens (primary N) is 1. The first kappa shape index (κ1) is 21.6. The minimum atomic E-state index is -0.552. The summed E-state index contributed by atoms with van der Waals surface area (Å²) in [5, 5.41) is 20.8. The number of ether oxygens (including phenoxy) is 1. The van der Waals surface area contributed by atoms with Gasteiger partial charge in [-0.3, -0.25) is 25.1 Å². The molecule has 0 aliphatic heterocycles. The van der Waals surface area contributed by atoms with Crippen LogP contribution in [0.2, 0.25) is 0 Å². The van der Waals surface area contributed by atoms with E-state index in [-0.39, 0.29) is 11.2 Å². The summed E-state index contributed by atoms with van der Waals surface area (Å²) in [6.07, 6.45) is -0.494. The maximum absolute atomic E-state index is 12.0. The lowest BCUT2D eigenvalue weighted by Gasteiger charge is -2.19. The van der Waals surface area contributed by atoms with Crippen LogP contribution in [0.4, 0.5) is 16.2 Å². The van der Waals surface area contributed by atoms with Crippen molar-refractivity contribution in [3.05, 3.63) is 62.6 Å². The number of nitrogens with zero attached hydrogens (tertiary/aromatic N) is 3. The number of rotatable bonds is 1. The van der Waals surface area contributed by atoms with Gasteiger partial charge in [-0.05, 0) is 52.0 Å². The highest BCUT2D eigenvalue weighted by Gasteiger charge is 2.21. The molecule has 0 saturated heterocycles. The van der Waals surface area contributed by atoms with E-state index in [2.05, 4.69) is 15.3 Å². The molecule has 0 unspecified atom stereocenters. The van der Waals surface area contributed by atoms with E-state index in [1.54, 1.807) is 12.1 Å². The van der Waals surface area contributed by atoms with E-state index in [1.807, 2.05) is 33.8 Å². The molecule has 0 aliphatic rings. The van der Waals surface area contributed by atoms with Gasteiger partial charge >= 0.3 is 6.09 Å². The normalized spacial score (nSPS) is 11.2. The summed E-state index contributed by atoms with van der Waals surface area (Å²) >= 11 is 0. The third kappa shape index (κ3) is 4.71. The average molecular weight is 426 g/mol. The smallest absolute Gasteiger partial charge is 0.435 e. The summed E-state index contributed by atoms with van der Waals surface area (Å²) in [7, 11) is 0. The first-order valence-electron chi connectivity index (χ1n) is 9.29. The number of aryl methyl sites for hydroxylation is 1. The predicted octanol–water partition coefficient (Wildman–Crippen LogP) is 3.47. The summed E-state index contributed by atoms with van der Waals surface area (Å²) in [5.41, 5.74) is 7.35. The summed E-state index contributed by atoms with van der Waals surface area (Å²) in [6, 6.07) is 9.39. The van der Waals surface area contributed by atoms with Crippen molar-refractivity contribution in [1.82, 2.24) is 20.0 Å². The Labute approximate surface area is 175 Å². The second-order valence-corrected chi connectivity index (χ2v) is 7.82. The fourth-order valence-electron chi connectivity index (χ4n) is 2.87. The standard InChI is InChI=1S/C13H17N3O2.C7H5N3O3/c1-8-10-6-5-9(14)7-11(10)16(15-8)12(17)18-13(2,3)4;11-7-5-2-1-4(10(12)13)3-6(5)8-9-7/h5-7H,14H2,1-4H3;1-3H,(H2,8,9,11). The quantitative estimate of drug-likeness (QED) is 0.238. The predicted molar refractivity (Wildman–Crippen MR) is 116 cm³/mol. The molecule has 0 amide bonds. The van der Waals surface area contributed by atoms with Gasteiger partial charge in [0.1, 0.15) is 5.60 Å². The second-order valence-electron chi connectivity index (χ2n) is 7.82. The summed E-state index contributed by atoms with van der Waals surface area (Å²) in [6.45, 7) is 7.30. The molecular formula is C20H22N6O5. The number of fused-ring (bicyclic) bond motifs is 2. The number of benzene rings is 2. The largest absolute Gasteiger partial charge is 0.442 e. The molecule has 0 atom stereocenters. The maximum Gasteiger partial charge on any atom is 0.435 e. The van der Waals surface area contributed by atoms with Crippen molar-refractivity contribution in [3.8, 4) is 0 Å². The Hall–Kier alpha value is -4.15. The number of anilines is 1. The Kier molecular flexibility index (Phi) is 5.52. The number of hydrogen-bond acceptors (Lipinski definition) is 7. The van der Waals surface area contributed by atoms with Gasteiger partial charge < -0.3 is 10.5 Å². The number of nitrogen functional groups attached to an aromatic ring is 1. The third-order valence-electron chi connectivity index (χ3n) is 4.23. The molecule has 0 bridgehead atoms. The topological polar surface area (TPSA) is 162 Å². The van der Waals surface area contributed by atoms with Gasteiger partial charge in [-0.25, -0.2) is 4.79 Å². The first-order valence-corrected chi connectivity index (χ1v) is 9.29. The molecule has 0 aliphatic carbocycles. The lowest BCUT2D eigenvalue weighted by molar-refractivity contribution is -0.384. The summed E-state index contributed by atoms with van der Waals surface area (Å²) < 4.78 is 6.56.